The van der Waals surface area contributed by atoms with Gasteiger partial charge in [-0.05, 0) is 80.5 Å². The van der Waals surface area contributed by atoms with Gasteiger partial charge < -0.3 is 63.0 Å². The number of cyclic esters (lactones) is 1. The van der Waals surface area contributed by atoms with Crippen molar-refractivity contribution >= 4 is 23.6 Å². The number of nitrogens with zero attached hydrogens (tertiary/aromatic N) is 2. The number of benzene rings is 1. The van der Waals surface area contributed by atoms with Crippen LogP contribution in [0.25, 0.3) is 0 Å². The van der Waals surface area contributed by atoms with E-state index in [1.165, 1.54) is 27.9 Å². The van der Waals surface area contributed by atoms with Gasteiger partial charge in [0.25, 0.3) is 0 Å². The normalized spacial score (nSPS) is 41.9. The van der Waals surface area contributed by atoms with Gasteiger partial charge in [0.15, 0.2) is 24.8 Å². The molecule has 65 heavy (non-hydrogen) atoms. The van der Waals surface area contributed by atoms with Gasteiger partial charge in [0.2, 0.25) is 0 Å². The number of hydrogen-bond donors (Lipinski definition) is 3. The largest absolute Gasteiger partial charge is 0.459 e. The van der Waals surface area contributed by atoms with Gasteiger partial charge in [-0.2, -0.15) is 0 Å². The Labute approximate surface area is 385 Å². The van der Waals surface area contributed by atoms with Crippen LogP contribution in [0.2, 0.25) is 0 Å². The number of methoxy groups -OCH3 is 1. The van der Waals surface area contributed by atoms with E-state index in [1.54, 1.807) is 48.5 Å². The minimum Gasteiger partial charge on any atom is -0.459 e. The van der Waals surface area contributed by atoms with Crippen molar-refractivity contribution in [1.82, 2.24) is 4.90 Å². The summed E-state index contributed by atoms with van der Waals surface area (Å²) in [6.45, 7) is 19.8. The molecule has 0 bridgehead atoms. The van der Waals surface area contributed by atoms with E-state index in [2.05, 4.69) is 5.16 Å². The van der Waals surface area contributed by atoms with Crippen LogP contribution in [0.4, 0.5) is 0 Å². The molecule has 0 radical (unpaired) electrons. The van der Waals surface area contributed by atoms with E-state index in [-0.39, 0.29) is 38.0 Å². The number of carbonyl (C=O) groups is 3. The van der Waals surface area contributed by atoms with Gasteiger partial charge in [0.1, 0.15) is 23.9 Å². The quantitative estimate of drug-likeness (QED) is 0.144. The Morgan fingerprint density at radius 1 is 0.877 bits per heavy atom. The van der Waals surface area contributed by atoms with Crippen LogP contribution in [-0.4, -0.2) is 149 Å². The smallest absolute Gasteiger partial charge is 0.311 e. The van der Waals surface area contributed by atoms with Crippen molar-refractivity contribution in [2.24, 2.45) is 28.8 Å². The molecule has 0 saturated carbocycles. The fourth-order valence-corrected chi connectivity index (χ4v) is 10.0. The van der Waals surface area contributed by atoms with E-state index < -0.39 is 114 Å². The summed E-state index contributed by atoms with van der Waals surface area (Å²) in [6.07, 6.45) is -9.45. The van der Waals surface area contributed by atoms with Crippen LogP contribution in [-0.2, 0) is 63.7 Å². The molecular weight excluding hydrogens is 845 g/mol. The number of ether oxygens (including phenoxy) is 8. The molecule has 3 aliphatic rings. The van der Waals surface area contributed by atoms with Gasteiger partial charge in [-0.3, -0.25) is 14.4 Å². The maximum atomic E-state index is 14.6. The highest BCUT2D eigenvalue weighted by atomic mass is 16.7. The zero-order valence-corrected chi connectivity index (χ0v) is 41.2. The van der Waals surface area contributed by atoms with Crippen LogP contribution < -0.4 is 0 Å². The molecule has 1 aromatic carbocycles. The van der Waals surface area contributed by atoms with Crippen molar-refractivity contribution in [2.45, 2.75) is 200 Å². The van der Waals surface area contributed by atoms with Crippen molar-refractivity contribution in [1.29, 1.82) is 0 Å². The molecule has 3 aliphatic heterocycles. The first-order valence-corrected chi connectivity index (χ1v) is 23.0. The van der Waals surface area contributed by atoms with Crippen LogP contribution >= 0.6 is 0 Å². The third kappa shape index (κ3) is 13.3. The maximum Gasteiger partial charge on any atom is 0.311 e. The Kier molecular flexibility index (Phi) is 19.0. The molecule has 17 nitrogen and oxygen atoms in total. The lowest BCUT2D eigenvalue weighted by atomic mass is 9.73. The molecule has 18 atom stereocenters. The van der Waals surface area contributed by atoms with E-state index in [4.69, 9.17) is 42.7 Å². The molecule has 3 saturated heterocycles. The first-order valence-electron chi connectivity index (χ1n) is 23.0. The molecule has 0 unspecified atom stereocenters. The summed E-state index contributed by atoms with van der Waals surface area (Å²) >= 11 is 0. The Morgan fingerprint density at radius 2 is 1.51 bits per heavy atom. The first-order chi connectivity index (χ1) is 30.3. The molecule has 3 heterocycles. The van der Waals surface area contributed by atoms with E-state index >= 15 is 0 Å². The first kappa shape index (κ1) is 54.3. The summed E-state index contributed by atoms with van der Waals surface area (Å²) in [5, 5.41) is 41.8. The zero-order chi connectivity index (χ0) is 48.8. The highest BCUT2D eigenvalue weighted by Crippen LogP contribution is 2.42. The van der Waals surface area contributed by atoms with Crippen LogP contribution in [0.15, 0.2) is 35.5 Å². The molecule has 1 aromatic rings. The maximum absolute atomic E-state index is 14.6. The van der Waals surface area contributed by atoms with Gasteiger partial charge >= 0.3 is 17.9 Å². The average molecular weight is 923 g/mol. The highest BCUT2D eigenvalue weighted by molar-refractivity contribution is 5.88. The summed E-state index contributed by atoms with van der Waals surface area (Å²) in [5.41, 5.74) is -3.70. The van der Waals surface area contributed by atoms with Gasteiger partial charge in [0.05, 0.1) is 53.8 Å². The topological polar surface area (TPSA) is 211 Å². The summed E-state index contributed by atoms with van der Waals surface area (Å²) in [7, 11) is 5.25. The molecule has 17 heteroatoms. The molecule has 3 fully saturated rings. The van der Waals surface area contributed by atoms with E-state index in [9.17, 15) is 29.7 Å². The lowest BCUT2D eigenvalue weighted by Gasteiger charge is -2.49. The molecule has 0 aromatic heterocycles. The summed E-state index contributed by atoms with van der Waals surface area (Å²) < 4.78 is 50.3. The van der Waals surface area contributed by atoms with E-state index in [0.717, 1.165) is 5.56 Å². The molecule has 370 valence electrons. The minimum atomic E-state index is -1.98. The van der Waals surface area contributed by atoms with Crippen LogP contribution in [0.1, 0.15) is 114 Å². The highest BCUT2D eigenvalue weighted by Gasteiger charge is 2.54. The van der Waals surface area contributed by atoms with Gasteiger partial charge in [-0.25, -0.2) is 0 Å². The van der Waals surface area contributed by atoms with Crippen molar-refractivity contribution in [3.63, 3.8) is 0 Å². The van der Waals surface area contributed by atoms with E-state index in [1.807, 2.05) is 63.2 Å². The number of esters is 3. The lowest BCUT2D eigenvalue weighted by molar-refractivity contribution is -0.319. The second-order valence-corrected chi connectivity index (χ2v) is 19.5. The summed E-state index contributed by atoms with van der Waals surface area (Å²) in [4.78, 5) is 47.3. The summed E-state index contributed by atoms with van der Waals surface area (Å²) in [6, 6.07) is 9.09. The Morgan fingerprint density at radius 3 is 2.08 bits per heavy atom. The fourth-order valence-electron chi connectivity index (χ4n) is 10.0. The number of carbonyl (C=O) groups excluding carboxylic acids is 3. The predicted octanol–water partition coefficient (Wildman–Crippen LogP) is 4.93. The van der Waals surface area contributed by atoms with Gasteiger partial charge in [-0.1, -0.05) is 63.2 Å². The third-order valence-corrected chi connectivity index (χ3v) is 13.6. The van der Waals surface area contributed by atoms with Crippen LogP contribution in [0.5, 0.6) is 0 Å². The second kappa shape index (κ2) is 22.7. The number of aliphatic hydroxyl groups is 3. The molecule has 0 spiro atoms. The molecule has 3 N–H and O–H groups in total. The number of oxime groups is 1. The molecule has 0 amide bonds. The average Bonchev–Trinajstić information content (AvgIpc) is 3.22. The van der Waals surface area contributed by atoms with Crippen molar-refractivity contribution in [3.8, 4) is 0 Å². The van der Waals surface area contributed by atoms with Crippen LogP contribution in [0, 0.1) is 23.7 Å². The molecule has 0 aliphatic carbocycles. The number of hydrogen-bond acceptors (Lipinski definition) is 17. The predicted molar refractivity (Wildman–Crippen MR) is 239 cm³/mol. The van der Waals surface area contributed by atoms with Crippen molar-refractivity contribution in [2.75, 3.05) is 21.2 Å². The SMILES string of the molecule is CC[C@@H]1OC(=O)[C@H](C)[C@@H](O[C@H]2C[C@@](C)(OC)[C@@H](OC(C)=O)[C@H](C)O2)[C@H](C)[C@@H](O[C@@H]2O[C@H](C)C[C@H](N(C)C)[C@H]2OC(C)=O)[C@@](C)(O)C[C@@H](C)/C(=N/OCc2ccccc2)[C@@H](C)[C@@H](O)[C@]1(C)O. The Hall–Kier alpha value is -3.26. The van der Waals surface area contributed by atoms with Gasteiger partial charge in [0, 0.05) is 45.1 Å². The zero-order valence-electron chi connectivity index (χ0n) is 41.2. The Balaban J connectivity index is 1.91. The monoisotopic (exact) mass is 923 g/mol. The van der Waals surface area contributed by atoms with Crippen LogP contribution in [0.3, 0.4) is 0 Å². The minimum absolute atomic E-state index is 0.0438. The van der Waals surface area contributed by atoms with Gasteiger partial charge in [-0.15, -0.1) is 0 Å². The molecule has 4 rings (SSSR count). The second-order valence-electron chi connectivity index (χ2n) is 19.5. The fraction of sp³-hybridized carbons (Fsp3) is 0.792. The third-order valence-electron chi connectivity index (χ3n) is 13.6. The molecular formula is C48H78N2O15. The Bertz CT molecular complexity index is 1740. The summed E-state index contributed by atoms with van der Waals surface area (Å²) in [5.74, 6) is -5.33. The number of likely N-dealkylation sites (N-methyl/N-ethyl adjacent to an activating group) is 1. The van der Waals surface area contributed by atoms with Crippen molar-refractivity contribution in [3.05, 3.63) is 35.9 Å². The lowest BCUT2D eigenvalue weighted by Crippen LogP contribution is -2.62. The van der Waals surface area contributed by atoms with Crippen molar-refractivity contribution < 1.29 is 72.4 Å². The number of rotatable bonds is 12. The van der Waals surface area contributed by atoms with E-state index in [0.29, 0.717) is 12.1 Å². The standard InChI is InChI=1S/C48H78N2O15/c1-16-36-48(12,56)41(53)28(4)38(49-58-25-34-20-18-17-19-21-34)26(2)23-46(10,55)42(65-45-40(61-32(8)51)35(50(13)14)22-27(3)59-45)29(5)39(30(6)44(54)63-36)64-37-24-47(11,57-15)43(31(7)60-37)62-33(9)52/h17-21,26-31,35-37,39-43,45,53,55-56H,16,22-25H2,1-15H3/b49-38-/t26-,27-,28-,29+,30-,31+,35+,36+,37+,39+,40-,41-,42-,43+,45+,46+,47-,48-/m1/s1. The number of aliphatic hydroxyl groups excluding tert-OH is 1.